The second-order valence-electron chi connectivity index (χ2n) is 5.57. The molecule has 4 nitrogen and oxygen atoms in total. The minimum atomic E-state index is -3.48. The van der Waals surface area contributed by atoms with E-state index in [4.69, 9.17) is 0 Å². The second kappa shape index (κ2) is 6.96. The number of benzene rings is 2. The van der Waals surface area contributed by atoms with E-state index in [9.17, 15) is 18.3 Å². The normalized spacial score (nSPS) is 13.9. The summed E-state index contributed by atoms with van der Waals surface area (Å²) < 4.78 is 24.5. The summed E-state index contributed by atoms with van der Waals surface area (Å²) in [6, 6.07) is 13.2. The molecular formula is C18H20O4S. The largest absolute Gasteiger partial charge is 0.478 e. The first-order valence-electron chi connectivity index (χ1n) is 7.48. The maximum absolute atomic E-state index is 12.2. The van der Waals surface area contributed by atoms with Crippen LogP contribution in [0.5, 0.6) is 0 Å². The lowest BCUT2D eigenvalue weighted by atomic mass is 10.0. The van der Waals surface area contributed by atoms with Crippen molar-refractivity contribution in [3.63, 3.8) is 0 Å². The van der Waals surface area contributed by atoms with Gasteiger partial charge in [-0.15, -0.1) is 0 Å². The van der Waals surface area contributed by atoms with Crippen LogP contribution in [0.4, 0.5) is 0 Å². The Balaban J connectivity index is 2.49. The molecule has 0 saturated carbocycles. The summed E-state index contributed by atoms with van der Waals surface area (Å²) in [4.78, 5) is 11.5. The molecule has 0 saturated heterocycles. The van der Waals surface area contributed by atoms with Gasteiger partial charge in [0.2, 0.25) is 0 Å². The van der Waals surface area contributed by atoms with Crippen LogP contribution in [-0.2, 0) is 14.6 Å². The molecule has 1 unspecified atom stereocenters. The van der Waals surface area contributed by atoms with Crippen molar-refractivity contribution >= 4 is 32.7 Å². The summed E-state index contributed by atoms with van der Waals surface area (Å²) in [6.45, 7) is 3.38. The van der Waals surface area contributed by atoms with E-state index >= 15 is 0 Å². The lowest BCUT2D eigenvalue weighted by molar-refractivity contribution is -0.132. The Morgan fingerprint density at radius 2 is 1.83 bits per heavy atom. The van der Waals surface area contributed by atoms with Crippen molar-refractivity contribution in [1.82, 2.24) is 0 Å². The number of aliphatic carboxylic acids is 1. The van der Waals surface area contributed by atoms with Gasteiger partial charge in [0.1, 0.15) is 0 Å². The van der Waals surface area contributed by atoms with Crippen LogP contribution in [0, 0.1) is 0 Å². The predicted molar refractivity (Wildman–Crippen MR) is 93.1 cm³/mol. The summed E-state index contributed by atoms with van der Waals surface area (Å²) in [5.41, 5.74) is 0.599. The molecule has 0 aliphatic heterocycles. The molecule has 122 valence electrons. The minimum Gasteiger partial charge on any atom is -0.478 e. The average Bonchev–Trinajstić information content (AvgIpc) is 2.53. The second-order valence-corrected chi connectivity index (χ2v) is 7.99. The van der Waals surface area contributed by atoms with Gasteiger partial charge in [-0.3, -0.25) is 0 Å². The number of carboxylic acid groups (broad SMARTS) is 1. The zero-order valence-corrected chi connectivity index (χ0v) is 14.0. The van der Waals surface area contributed by atoms with E-state index in [-0.39, 0.29) is 5.57 Å². The fourth-order valence-electron chi connectivity index (χ4n) is 2.34. The van der Waals surface area contributed by atoms with Crippen molar-refractivity contribution in [2.24, 2.45) is 0 Å². The van der Waals surface area contributed by atoms with E-state index in [0.717, 1.165) is 10.8 Å². The van der Waals surface area contributed by atoms with Crippen LogP contribution in [0.1, 0.15) is 25.8 Å². The van der Waals surface area contributed by atoms with E-state index in [2.05, 4.69) is 0 Å². The zero-order chi connectivity index (χ0) is 17.0. The van der Waals surface area contributed by atoms with Gasteiger partial charge >= 0.3 is 5.97 Å². The molecule has 5 heteroatoms. The molecule has 0 bridgehead atoms. The molecule has 0 radical (unpaired) electrons. The van der Waals surface area contributed by atoms with E-state index in [1.54, 1.807) is 19.9 Å². The Morgan fingerprint density at radius 3 is 2.48 bits per heavy atom. The molecule has 0 aliphatic rings. The fourth-order valence-corrected chi connectivity index (χ4v) is 3.77. The molecule has 0 heterocycles. The standard InChI is InChI=1S/C18H20O4S/c1-3-13(2)23(21,22)12-16(18(19)20)11-15-9-6-8-14-7-4-5-10-17(14)15/h4-11,13H,3,12H2,1-2H3,(H,19,20). The topological polar surface area (TPSA) is 71.4 Å². The third-order valence-corrected chi connectivity index (χ3v) is 6.25. The van der Waals surface area contributed by atoms with Crippen molar-refractivity contribution in [3.05, 3.63) is 53.6 Å². The Labute approximate surface area is 136 Å². The molecule has 1 N–H and O–H groups in total. The molecule has 0 amide bonds. The monoisotopic (exact) mass is 332 g/mol. The summed E-state index contributed by atoms with van der Waals surface area (Å²) in [5.74, 6) is -1.66. The van der Waals surface area contributed by atoms with E-state index in [1.807, 2.05) is 36.4 Å². The van der Waals surface area contributed by atoms with Crippen LogP contribution < -0.4 is 0 Å². The van der Waals surface area contributed by atoms with Gasteiger partial charge in [-0.2, -0.15) is 0 Å². The molecule has 2 rings (SSSR count). The van der Waals surface area contributed by atoms with Gasteiger partial charge in [0.15, 0.2) is 9.84 Å². The van der Waals surface area contributed by atoms with Crippen molar-refractivity contribution in [2.75, 3.05) is 5.75 Å². The summed E-state index contributed by atoms with van der Waals surface area (Å²) >= 11 is 0. The lowest BCUT2D eigenvalue weighted by Gasteiger charge is -2.11. The number of carboxylic acids is 1. The maximum Gasteiger partial charge on any atom is 0.332 e. The molecule has 0 aliphatic carbocycles. The van der Waals surface area contributed by atoms with Crippen molar-refractivity contribution in [1.29, 1.82) is 0 Å². The van der Waals surface area contributed by atoms with Gasteiger partial charge in [0.05, 0.1) is 16.6 Å². The fraction of sp³-hybridized carbons (Fsp3) is 0.278. The first kappa shape index (κ1) is 17.2. The van der Waals surface area contributed by atoms with Crippen molar-refractivity contribution in [3.8, 4) is 0 Å². The number of sulfone groups is 1. The van der Waals surface area contributed by atoms with Crippen LogP contribution in [0.25, 0.3) is 16.8 Å². The van der Waals surface area contributed by atoms with Crippen LogP contribution >= 0.6 is 0 Å². The number of carbonyl (C=O) groups is 1. The first-order chi connectivity index (χ1) is 10.8. The van der Waals surface area contributed by atoms with Gasteiger partial charge < -0.3 is 5.11 Å². The van der Waals surface area contributed by atoms with Gasteiger partial charge in [-0.25, -0.2) is 13.2 Å². The molecule has 2 aromatic rings. The van der Waals surface area contributed by atoms with Crippen LogP contribution in [0.2, 0.25) is 0 Å². The third kappa shape index (κ3) is 3.99. The quantitative estimate of drug-likeness (QED) is 0.822. The summed E-state index contributed by atoms with van der Waals surface area (Å²) in [7, 11) is -3.48. The van der Waals surface area contributed by atoms with Gasteiger partial charge in [-0.1, -0.05) is 49.4 Å². The van der Waals surface area contributed by atoms with Crippen molar-refractivity contribution < 1.29 is 18.3 Å². The van der Waals surface area contributed by atoms with Crippen molar-refractivity contribution in [2.45, 2.75) is 25.5 Å². The zero-order valence-electron chi connectivity index (χ0n) is 13.2. The Hall–Kier alpha value is -2.14. The molecule has 0 aromatic heterocycles. The molecule has 0 fully saturated rings. The highest BCUT2D eigenvalue weighted by molar-refractivity contribution is 7.92. The number of rotatable bonds is 6. The molecule has 1 atom stereocenters. The Morgan fingerprint density at radius 1 is 1.17 bits per heavy atom. The smallest absolute Gasteiger partial charge is 0.332 e. The van der Waals surface area contributed by atoms with E-state index < -0.39 is 26.8 Å². The average molecular weight is 332 g/mol. The summed E-state index contributed by atoms with van der Waals surface area (Å²) in [6.07, 6.45) is 1.92. The highest BCUT2D eigenvalue weighted by Crippen LogP contribution is 2.22. The SMILES string of the molecule is CCC(C)S(=O)(=O)CC(=Cc1cccc2ccccc12)C(=O)O. The molecule has 2 aromatic carbocycles. The maximum atomic E-state index is 12.2. The summed E-state index contributed by atoms with van der Waals surface area (Å²) in [5, 5.41) is 10.7. The number of hydrogen-bond acceptors (Lipinski definition) is 3. The number of hydrogen-bond donors (Lipinski definition) is 1. The van der Waals surface area contributed by atoms with Gasteiger partial charge in [0.25, 0.3) is 0 Å². The highest BCUT2D eigenvalue weighted by Gasteiger charge is 2.23. The van der Waals surface area contributed by atoms with E-state index in [0.29, 0.717) is 12.0 Å². The Bertz CT molecular complexity index is 845. The highest BCUT2D eigenvalue weighted by atomic mass is 32.2. The van der Waals surface area contributed by atoms with Gasteiger partial charge in [0, 0.05) is 0 Å². The molecular weight excluding hydrogens is 312 g/mol. The predicted octanol–water partition coefficient (Wildman–Crippen LogP) is 3.52. The third-order valence-electron chi connectivity index (χ3n) is 3.97. The minimum absolute atomic E-state index is 0.110. The lowest BCUT2D eigenvalue weighted by Crippen LogP contribution is -2.23. The molecule has 23 heavy (non-hydrogen) atoms. The van der Waals surface area contributed by atoms with Gasteiger partial charge in [-0.05, 0) is 35.8 Å². The first-order valence-corrected chi connectivity index (χ1v) is 9.20. The molecule has 0 spiro atoms. The van der Waals surface area contributed by atoms with Crippen LogP contribution in [-0.4, -0.2) is 30.5 Å². The van der Waals surface area contributed by atoms with Crippen LogP contribution in [0.3, 0.4) is 0 Å². The Kier molecular flexibility index (Phi) is 5.21. The number of fused-ring (bicyclic) bond motifs is 1. The van der Waals surface area contributed by atoms with Crippen LogP contribution in [0.15, 0.2) is 48.0 Å². The van der Waals surface area contributed by atoms with E-state index in [1.165, 1.54) is 6.08 Å².